The summed E-state index contributed by atoms with van der Waals surface area (Å²) >= 11 is 0. The summed E-state index contributed by atoms with van der Waals surface area (Å²) < 4.78 is 6.21. The van der Waals surface area contributed by atoms with E-state index in [1.54, 1.807) is 6.07 Å². The van der Waals surface area contributed by atoms with Gasteiger partial charge in [0.2, 0.25) is 5.56 Å². The Morgan fingerprint density at radius 2 is 1.63 bits per heavy atom. The molecule has 0 bridgehead atoms. The average molecular weight is 399 g/mol. The summed E-state index contributed by atoms with van der Waals surface area (Å²) in [5, 5.41) is 4.36. The minimum absolute atomic E-state index is 0.157. The number of likely N-dealkylation sites (N-methyl/N-ethyl adjacent to an activating group) is 1. The molecule has 0 spiro atoms. The molecule has 0 aliphatic heterocycles. The highest BCUT2D eigenvalue weighted by molar-refractivity contribution is 6.00. The van der Waals surface area contributed by atoms with Crippen LogP contribution in [0.3, 0.4) is 0 Å². The number of aromatic amines is 1. The Hall–Kier alpha value is -3.57. The molecule has 0 unspecified atom stereocenters. The molecule has 5 nitrogen and oxygen atoms in total. The zero-order valence-electron chi connectivity index (χ0n) is 17.2. The van der Waals surface area contributed by atoms with E-state index in [0.29, 0.717) is 17.9 Å². The predicted molar refractivity (Wildman–Crippen MR) is 124 cm³/mol. The van der Waals surface area contributed by atoms with Crippen molar-refractivity contribution in [1.82, 2.24) is 9.88 Å². The van der Waals surface area contributed by atoms with Gasteiger partial charge in [-0.1, -0.05) is 48.5 Å². The number of rotatable bonds is 7. The Bertz CT molecular complexity index is 1190. The van der Waals surface area contributed by atoms with E-state index in [9.17, 15) is 4.79 Å². The standard InChI is InChI=1S/C25H25N3O2/c1-28(2)15-16-30-25-22(26-19-11-7-4-8-12-19)14-13-20-21(17-23(29)27-24(20)25)18-9-5-3-6-10-18/h3-14,17,26H,15-16H2,1-2H3,(H,27,29). The van der Waals surface area contributed by atoms with Gasteiger partial charge < -0.3 is 19.9 Å². The van der Waals surface area contributed by atoms with Gasteiger partial charge in [-0.2, -0.15) is 0 Å². The molecule has 4 rings (SSSR count). The van der Waals surface area contributed by atoms with Crippen molar-refractivity contribution in [3.8, 4) is 16.9 Å². The van der Waals surface area contributed by atoms with Crippen LogP contribution in [0, 0.1) is 0 Å². The van der Waals surface area contributed by atoms with Crippen molar-refractivity contribution in [3.05, 3.63) is 89.2 Å². The number of benzene rings is 3. The maximum absolute atomic E-state index is 12.5. The summed E-state index contributed by atoms with van der Waals surface area (Å²) in [6, 6.07) is 25.5. The minimum Gasteiger partial charge on any atom is -0.488 e. The summed E-state index contributed by atoms with van der Waals surface area (Å²) in [6.07, 6.45) is 0. The van der Waals surface area contributed by atoms with E-state index in [0.717, 1.165) is 34.4 Å². The highest BCUT2D eigenvalue weighted by Crippen LogP contribution is 2.37. The van der Waals surface area contributed by atoms with E-state index >= 15 is 0 Å². The zero-order valence-corrected chi connectivity index (χ0v) is 17.2. The Labute approximate surface area is 175 Å². The molecule has 0 aliphatic rings. The second-order valence-electron chi connectivity index (χ2n) is 7.42. The highest BCUT2D eigenvalue weighted by atomic mass is 16.5. The van der Waals surface area contributed by atoms with Crippen molar-refractivity contribution in [3.63, 3.8) is 0 Å². The van der Waals surface area contributed by atoms with Crippen molar-refractivity contribution < 1.29 is 4.74 Å². The third-order valence-corrected chi connectivity index (χ3v) is 4.89. The number of pyridine rings is 1. The van der Waals surface area contributed by atoms with E-state index in [4.69, 9.17) is 4.74 Å². The van der Waals surface area contributed by atoms with Crippen LogP contribution in [0.4, 0.5) is 11.4 Å². The second kappa shape index (κ2) is 8.84. The maximum atomic E-state index is 12.5. The first kappa shape index (κ1) is 19.7. The summed E-state index contributed by atoms with van der Waals surface area (Å²) in [6.45, 7) is 1.27. The normalized spacial score (nSPS) is 11.0. The maximum Gasteiger partial charge on any atom is 0.249 e. The van der Waals surface area contributed by atoms with Gasteiger partial charge in [0, 0.05) is 23.7 Å². The first-order chi connectivity index (χ1) is 14.6. The summed E-state index contributed by atoms with van der Waals surface area (Å²) in [5.74, 6) is 0.646. The summed E-state index contributed by atoms with van der Waals surface area (Å²) in [5.41, 5.74) is 4.19. The smallest absolute Gasteiger partial charge is 0.249 e. The molecule has 152 valence electrons. The van der Waals surface area contributed by atoms with E-state index in [1.807, 2.05) is 86.9 Å². The second-order valence-corrected chi connectivity index (χ2v) is 7.42. The molecule has 5 heteroatoms. The Kier molecular flexibility index (Phi) is 5.82. The molecular weight excluding hydrogens is 374 g/mol. The fraction of sp³-hybridized carbons (Fsp3) is 0.160. The van der Waals surface area contributed by atoms with Crippen LogP contribution in [0.1, 0.15) is 0 Å². The highest BCUT2D eigenvalue weighted by Gasteiger charge is 2.15. The molecule has 2 N–H and O–H groups in total. The number of para-hydroxylation sites is 1. The molecule has 0 fully saturated rings. The lowest BCUT2D eigenvalue weighted by Gasteiger charge is -2.18. The first-order valence-electron chi connectivity index (χ1n) is 9.97. The van der Waals surface area contributed by atoms with Gasteiger partial charge in [-0.05, 0) is 49.5 Å². The zero-order chi connectivity index (χ0) is 20.9. The van der Waals surface area contributed by atoms with Crippen molar-refractivity contribution in [1.29, 1.82) is 0 Å². The molecule has 1 heterocycles. The van der Waals surface area contributed by atoms with Crippen molar-refractivity contribution in [2.24, 2.45) is 0 Å². The molecule has 1 aromatic heterocycles. The van der Waals surface area contributed by atoms with Crippen LogP contribution in [-0.2, 0) is 0 Å². The van der Waals surface area contributed by atoms with E-state index in [-0.39, 0.29) is 5.56 Å². The van der Waals surface area contributed by atoms with Gasteiger partial charge in [0.15, 0.2) is 5.75 Å². The van der Waals surface area contributed by atoms with Gasteiger partial charge in [-0.15, -0.1) is 0 Å². The van der Waals surface area contributed by atoms with Gasteiger partial charge in [0.05, 0.1) is 11.2 Å². The number of anilines is 2. The topological polar surface area (TPSA) is 57.4 Å². The van der Waals surface area contributed by atoms with Crippen LogP contribution in [-0.4, -0.2) is 37.1 Å². The lowest BCUT2D eigenvalue weighted by molar-refractivity contribution is 0.264. The molecule has 4 aromatic rings. The van der Waals surface area contributed by atoms with Gasteiger partial charge >= 0.3 is 0 Å². The number of fused-ring (bicyclic) bond motifs is 1. The van der Waals surface area contributed by atoms with Gasteiger partial charge in [-0.25, -0.2) is 0 Å². The average Bonchev–Trinajstić information content (AvgIpc) is 2.75. The van der Waals surface area contributed by atoms with Gasteiger partial charge in [0.25, 0.3) is 0 Å². The van der Waals surface area contributed by atoms with Crippen LogP contribution in [0.5, 0.6) is 5.75 Å². The molecule has 3 aromatic carbocycles. The molecule has 0 atom stereocenters. The monoisotopic (exact) mass is 399 g/mol. The van der Waals surface area contributed by atoms with Gasteiger partial charge in [0.1, 0.15) is 6.61 Å². The first-order valence-corrected chi connectivity index (χ1v) is 9.97. The largest absolute Gasteiger partial charge is 0.488 e. The number of ether oxygens (including phenoxy) is 1. The molecule has 0 amide bonds. The fourth-order valence-electron chi connectivity index (χ4n) is 3.41. The number of nitrogens with one attached hydrogen (secondary N) is 2. The molecule has 0 saturated heterocycles. The lowest BCUT2D eigenvalue weighted by Crippen LogP contribution is -2.20. The SMILES string of the molecule is CN(C)CCOc1c(Nc2ccccc2)ccc2c(-c3ccccc3)cc(=O)[nH]c12. The Morgan fingerprint density at radius 1 is 0.933 bits per heavy atom. The summed E-state index contributed by atoms with van der Waals surface area (Å²) in [7, 11) is 4.01. The van der Waals surface area contributed by atoms with Crippen molar-refractivity contribution >= 4 is 22.3 Å². The number of aromatic nitrogens is 1. The minimum atomic E-state index is -0.157. The van der Waals surface area contributed by atoms with Crippen molar-refractivity contribution in [2.45, 2.75) is 0 Å². The molecular formula is C25H25N3O2. The number of nitrogens with zero attached hydrogens (tertiary/aromatic N) is 1. The fourth-order valence-corrected chi connectivity index (χ4v) is 3.41. The third-order valence-electron chi connectivity index (χ3n) is 4.89. The van der Waals surface area contributed by atoms with Crippen LogP contribution in [0.15, 0.2) is 83.7 Å². The number of H-pyrrole nitrogens is 1. The predicted octanol–water partition coefficient (Wildman–Crippen LogP) is 4.88. The molecule has 0 saturated carbocycles. The molecule has 30 heavy (non-hydrogen) atoms. The van der Waals surface area contributed by atoms with Crippen LogP contribution < -0.4 is 15.6 Å². The van der Waals surface area contributed by atoms with Gasteiger partial charge in [-0.3, -0.25) is 4.79 Å². The molecule has 0 radical (unpaired) electrons. The van der Waals surface area contributed by atoms with E-state index in [1.165, 1.54) is 0 Å². The third kappa shape index (κ3) is 4.36. The lowest BCUT2D eigenvalue weighted by atomic mass is 10.0. The Morgan fingerprint density at radius 3 is 2.33 bits per heavy atom. The van der Waals surface area contributed by atoms with Crippen LogP contribution in [0.2, 0.25) is 0 Å². The van der Waals surface area contributed by atoms with Crippen LogP contribution >= 0.6 is 0 Å². The quantitative estimate of drug-likeness (QED) is 0.465. The number of hydrogen-bond donors (Lipinski definition) is 2. The van der Waals surface area contributed by atoms with Crippen LogP contribution in [0.25, 0.3) is 22.0 Å². The number of hydrogen-bond acceptors (Lipinski definition) is 4. The molecule has 0 aliphatic carbocycles. The van der Waals surface area contributed by atoms with E-state index < -0.39 is 0 Å². The van der Waals surface area contributed by atoms with Crippen molar-refractivity contribution in [2.75, 3.05) is 32.6 Å². The van der Waals surface area contributed by atoms with E-state index in [2.05, 4.69) is 15.2 Å². The summed E-state index contributed by atoms with van der Waals surface area (Å²) in [4.78, 5) is 17.6. The Balaban J connectivity index is 1.86.